The lowest BCUT2D eigenvalue weighted by Crippen LogP contribution is -2.47. The number of piperidine rings is 1. The van der Waals surface area contributed by atoms with E-state index in [4.69, 9.17) is 4.74 Å². The second-order valence-electron chi connectivity index (χ2n) is 5.48. The first-order valence-electron chi connectivity index (χ1n) is 6.40. The van der Waals surface area contributed by atoms with Gasteiger partial charge >= 0.3 is 0 Å². The molecule has 1 aliphatic heterocycles. The van der Waals surface area contributed by atoms with Crippen LogP contribution in [0.25, 0.3) is 0 Å². The predicted molar refractivity (Wildman–Crippen MR) is 68.0 cm³/mol. The van der Waals surface area contributed by atoms with E-state index in [1.54, 1.807) is 0 Å². The van der Waals surface area contributed by atoms with Gasteiger partial charge < -0.3 is 14.6 Å². The fraction of sp³-hybridized carbons (Fsp3) is 0.769. The summed E-state index contributed by atoms with van der Waals surface area (Å²) < 4.78 is 8.17. The Balaban J connectivity index is 1.80. The molecule has 4 nitrogen and oxygen atoms in total. The lowest BCUT2D eigenvalue weighted by molar-refractivity contribution is -0.0454. The van der Waals surface area contributed by atoms with Crippen LogP contribution in [0, 0.1) is 12.3 Å². The van der Waals surface area contributed by atoms with E-state index < -0.39 is 0 Å². The largest absolute Gasteiger partial charge is 0.376 e. The lowest BCUT2D eigenvalue weighted by atomic mass is 9.82. The van der Waals surface area contributed by atoms with Crippen LogP contribution in [0.4, 0.5) is 0 Å². The van der Waals surface area contributed by atoms with Gasteiger partial charge in [0.05, 0.1) is 12.7 Å². The molecule has 4 heteroatoms. The maximum Gasteiger partial charge on any atom is 0.105 e. The van der Waals surface area contributed by atoms with Gasteiger partial charge in [-0.3, -0.25) is 0 Å². The first-order valence-corrected chi connectivity index (χ1v) is 6.40. The third-order valence-corrected chi connectivity index (χ3v) is 3.61. The quantitative estimate of drug-likeness (QED) is 0.864. The number of ether oxygens (including phenoxy) is 1. The molecule has 1 atom stereocenters. The molecule has 0 spiro atoms. The molecule has 1 unspecified atom stereocenters. The summed E-state index contributed by atoms with van der Waals surface area (Å²) in [5.74, 6) is 1.05. The Kier molecular flexibility index (Phi) is 3.84. The van der Waals surface area contributed by atoms with Gasteiger partial charge in [0.15, 0.2) is 0 Å². The van der Waals surface area contributed by atoms with Crippen molar-refractivity contribution in [1.29, 1.82) is 0 Å². The first-order chi connectivity index (χ1) is 8.09. The second kappa shape index (κ2) is 5.19. The van der Waals surface area contributed by atoms with Crippen LogP contribution in [0.15, 0.2) is 12.4 Å². The summed E-state index contributed by atoms with van der Waals surface area (Å²) in [6.07, 6.45) is 5.32. The van der Waals surface area contributed by atoms with Crippen LogP contribution in [0.3, 0.4) is 0 Å². The van der Waals surface area contributed by atoms with Crippen molar-refractivity contribution in [3.8, 4) is 0 Å². The van der Waals surface area contributed by atoms with Crippen LogP contribution in [0.2, 0.25) is 0 Å². The van der Waals surface area contributed by atoms with Crippen molar-refractivity contribution in [1.82, 2.24) is 14.9 Å². The Morgan fingerprint density at radius 2 is 2.41 bits per heavy atom. The summed E-state index contributed by atoms with van der Waals surface area (Å²) in [5, 5.41) is 3.42. The van der Waals surface area contributed by atoms with Gasteiger partial charge in [-0.2, -0.15) is 0 Å². The Labute approximate surface area is 103 Å². The molecule has 1 saturated heterocycles. The number of imidazole rings is 1. The van der Waals surface area contributed by atoms with E-state index in [1.807, 2.05) is 19.3 Å². The molecule has 1 aliphatic rings. The predicted octanol–water partition coefficient (Wildman–Crippen LogP) is 1.60. The van der Waals surface area contributed by atoms with E-state index in [0.717, 1.165) is 38.5 Å². The third-order valence-electron chi connectivity index (χ3n) is 3.61. The molecule has 1 fully saturated rings. The maximum atomic E-state index is 6.04. The molecule has 2 rings (SSSR count). The minimum absolute atomic E-state index is 0.238. The summed E-state index contributed by atoms with van der Waals surface area (Å²) in [6.45, 7) is 10.3. The van der Waals surface area contributed by atoms with Crippen molar-refractivity contribution in [3.63, 3.8) is 0 Å². The summed E-state index contributed by atoms with van der Waals surface area (Å²) in [4.78, 5) is 4.21. The van der Waals surface area contributed by atoms with Crippen molar-refractivity contribution in [3.05, 3.63) is 18.2 Å². The fourth-order valence-corrected chi connectivity index (χ4v) is 2.39. The Bertz CT molecular complexity index is 359. The molecule has 0 amide bonds. The summed E-state index contributed by atoms with van der Waals surface area (Å²) >= 11 is 0. The van der Waals surface area contributed by atoms with Crippen LogP contribution in [0.5, 0.6) is 0 Å². The van der Waals surface area contributed by atoms with Crippen LogP contribution in [-0.2, 0) is 11.3 Å². The van der Waals surface area contributed by atoms with Crippen molar-refractivity contribution in [2.24, 2.45) is 5.41 Å². The SMILES string of the molecule is Cc1nccn1CCOC1CCNCC1(C)C. The van der Waals surface area contributed by atoms with Crippen molar-refractivity contribution in [2.75, 3.05) is 19.7 Å². The lowest BCUT2D eigenvalue weighted by Gasteiger charge is -2.38. The molecule has 17 heavy (non-hydrogen) atoms. The number of rotatable bonds is 4. The second-order valence-corrected chi connectivity index (χ2v) is 5.48. The summed E-state index contributed by atoms with van der Waals surface area (Å²) in [5.41, 5.74) is 0.238. The van der Waals surface area contributed by atoms with E-state index >= 15 is 0 Å². The zero-order valence-electron chi connectivity index (χ0n) is 11.1. The van der Waals surface area contributed by atoms with Gasteiger partial charge in [0.25, 0.3) is 0 Å². The zero-order chi connectivity index (χ0) is 12.3. The summed E-state index contributed by atoms with van der Waals surface area (Å²) in [6, 6.07) is 0. The molecule has 0 bridgehead atoms. The van der Waals surface area contributed by atoms with Gasteiger partial charge in [-0.1, -0.05) is 13.8 Å². The van der Waals surface area contributed by atoms with Gasteiger partial charge in [-0.15, -0.1) is 0 Å². The Morgan fingerprint density at radius 1 is 1.59 bits per heavy atom. The van der Waals surface area contributed by atoms with Crippen LogP contribution < -0.4 is 5.32 Å². The first kappa shape index (κ1) is 12.6. The smallest absolute Gasteiger partial charge is 0.105 e. The fourth-order valence-electron chi connectivity index (χ4n) is 2.39. The van der Waals surface area contributed by atoms with Gasteiger partial charge in [0, 0.05) is 30.9 Å². The van der Waals surface area contributed by atoms with E-state index in [1.165, 1.54) is 0 Å². The molecule has 1 aromatic rings. The van der Waals surface area contributed by atoms with Crippen LogP contribution >= 0.6 is 0 Å². The Morgan fingerprint density at radius 3 is 3.06 bits per heavy atom. The minimum atomic E-state index is 0.238. The normalized spacial score (nSPS) is 23.8. The average molecular weight is 237 g/mol. The van der Waals surface area contributed by atoms with E-state index in [9.17, 15) is 0 Å². The molecule has 96 valence electrons. The van der Waals surface area contributed by atoms with Crippen LogP contribution in [-0.4, -0.2) is 35.4 Å². The number of nitrogens with one attached hydrogen (secondary N) is 1. The number of aryl methyl sites for hydroxylation is 1. The van der Waals surface area contributed by atoms with Crippen LogP contribution in [0.1, 0.15) is 26.1 Å². The number of nitrogens with zero attached hydrogens (tertiary/aromatic N) is 2. The average Bonchev–Trinajstić information content (AvgIpc) is 2.67. The highest BCUT2D eigenvalue weighted by Gasteiger charge is 2.32. The molecule has 0 aliphatic carbocycles. The molecule has 2 heterocycles. The molecule has 0 radical (unpaired) electrons. The number of hydrogen-bond acceptors (Lipinski definition) is 3. The highest BCUT2D eigenvalue weighted by molar-refractivity contribution is 4.89. The molecule has 0 saturated carbocycles. The number of hydrogen-bond donors (Lipinski definition) is 1. The standard InChI is InChI=1S/C13H23N3O/c1-11-15-6-7-16(11)8-9-17-12-4-5-14-10-13(12,2)3/h6-7,12,14H,4-5,8-10H2,1-3H3. The van der Waals surface area contributed by atoms with Crippen molar-refractivity contribution in [2.45, 2.75) is 39.8 Å². The Hall–Kier alpha value is -0.870. The van der Waals surface area contributed by atoms with Gasteiger partial charge in [-0.05, 0) is 19.9 Å². The van der Waals surface area contributed by atoms with E-state index in [-0.39, 0.29) is 5.41 Å². The minimum Gasteiger partial charge on any atom is -0.376 e. The van der Waals surface area contributed by atoms with Gasteiger partial charge in [-0.25, -0.2) is 4.98 Å². The highest BCUT2D eigenvalue weighted by Crippen LogP contribution is 2.27. The van der Waals surface area contributed by atoms with Gasteiger partial charge in [0.2, 0.25) is 0 Å². The molecular weight excluding hydrogens is 214 g/mol. The topological polar surface area (TPSA) is 39.1 Å². The monoisotopic (exact) mass is 237 g/mol. The van der Waals surface area contributed by atoms with Crippen molar-refractivity contribution >= 4 is 0 Å². The highest BCUT2D eigenvalue weighted by atomic mass is 16.5. The molecule has 0 aromatic carbocycles. The summed E-state index contributed by atoms with van der Waals surface area (Å²) in [7, 11) is 0. The van der Waals surface area contributed by atoms with E-state index in [2.05, 4.69) is 28.7 Å². The van der Waals surface area contributed by atoms with Crippen molar-refractivity contribution < 1.29 is 4.74 Å². The molecule has 1 N–H and O–H groups in total. The molecule has 1 aromatic heterocycles. The zero-order valence-corrected chi connectivity index (χ0v) is 11.1. The number of aromatic nitrogens is 2. The maximum absolute atomic E-state index is 6.04. The van der Waals surface area contributed by atoms with Gasteiger partial charge in [0.1, 0.15) is 5.82 Å². The third kappa shape index (κ3) is 3.07. The molecular formula is C13H23N3O. The van der Waals surface area contributed by atoms with E-state index in [0.29, 0.717) is 6.10 Å².